The SMILES string of the molecule is COCC(O)CN(C)C(=O)C1CCCCC1CN. The van der Waals surface area contributed by atoms with Crippen LogP contribution in [0.25, 0.3) is 0 Å². The van der Waals surface area contributed by atoms with Gasteiger partial charge in [-0.05, 0) is 25.3 Å². The minimum atomic E-state index is -0.621. The van der Waals surface area contributed by atoms with Crippen LogP contribution in [0.15, 0.2) is 0 Å². The molecule has 3 unspecified atom stereocenters. The van der Waals surface area contributed by atoms with E-state index in [0.717, 1.165) is 19.3 Å². The molecule has 1 fully saturated rings. The van der Waals surface area contributed by atoms with Gasteiger partial charge in [-0.2, -0.15) is 0 Å². The van der Waals surface area contributed by atoms with Gasteiger partial charge in [0.2, 0.25) is 5.91 Å². The first-order valence-electron chi connectivity index (χ1n) is 6.72. The zero-order valence-electron chi connectivity index (χ0n) is 11.5. The summed E-state index contributed by atoms with van der Waals surface area (Å²) in [5.74, 6) is 0.442. The van der Waals surface area contributed by atoms with E-state index in [4.69, 9.17) is 10.5 Å². The fourth-order valence-corrected chi connectivity index (χ4v) is 2.75. The molecule has 0 bridgehead atoms. The lowest BCUT2D eigenvalue weighted by atomic mass is 9.78. The molecule has 0 heterocycles. The number of ether oxygens (including phenoxy) is 1. The Kier molecular flexibility index (Phi) is 6.60. The maximum Gasteiger partial charge on any atom is 0.225 e. The van der Waals surface area contributed by atoms with E-state index in [0.29, 0.717) is 19.0 Å². The Labute approximate surface area is 109 Å². The van der Waals surface area contributed by atoms with Crippen LogP contribution in [0, 0.1) is 11.8 Å². The molecule has 1 rings (SSSR count). The van der Waals surface area contributed by atoms with Crippen molar-refractivity contribution in [3.63, 3.8) is 0 Å². The van der Waals surface area contributed by atoms with Gasteiger partial charge in [0.1, 0.15) is 0 Å². The minimum Gasteiger partial charge on any atom is -0.389 e. The summed E-state index contributed by atoms with van der Waals surface area (Å²) in [4.78, 5) is 13.9. The molecule has 0 aromatic heterocycles. The Hall–Kier alpha value is -0.650. The molecule has 18 heavy (non-hydrogen) atoms. The van der Waals surface area contributed by atoms with Crippen molar-refractivity contribution in [2.75, 3.05) is 33.9 Å². The van der Waals surface area contributed by atoms with Gasteiger partial charge in [0.15, 0.2) is 0 Å². The molecule has 3 N–H and O–H groups in total. The summed E-state index contributed by atoms with van der Waals surface area (Å²) in [6.45, 7) is 1.15. The number of carbonyl (C=O) groups is 1. The predicted molar refractivity (Wildman–Crippen MR) is 70.0 cm³/mol. The van der Waals surface area contributed by atoms with Crippen molar-refractivity contribution in [2.24, 2.45) is 17.6 Å². The first kappa shape index (κ1) is 15.4. The highest BCUT2D eigenvalue weighted by Crippen LogP contribution is 2.30. The number of methoxy groups -OCH3 is 1. The van der Waals surface area contributed by atoms with Crippen molar-refractivity contribution in [1.82, 2.24) is 4.90 Å². The van der Waals surface area contributed by atoms with Gasteiger partial charge in [0.05, 0.1) is 12.7 Å². The summed E-state index contributed by atoms with van der Waals surface area (Å²) in [6, 6.07) is 0. The van der Waals surface area contributed by atoms with Crippen LogP contribution in [0.1, 0.15) is 25.7 Å². The van der Waals surface area contributed by atoms with Crippen molar-refractivity contribution in [2.45, 2.75) is 31.8 Å². The highest BCUT2D eigenvalue weighted by Gasteiger charge is 2.32. The van der Waals surface area contributed by atoms with Gasteiger partial charge in [0.25, 0.3) is 0 Å². The largest absolute Gasteiger partial charge is 0.389 e. The van der Waals surface area contributed by atoms with E-state index in [2.05, 4.69) is 0 Å². The quantitative estimate of drug-likeness (QED) is 0.714. The van der Waals surface area contributed by atoms with E-state index in [9.17, 15) is 9.90 Å². The van der Waals surface area contributed by atoms with Crippen LogP contribution in [0.5, 0.6) is 0 Å². The number of nitrogens with two attached hydrogens (primary N) is 1. The molecule has 3 atom stereocenters. The van der Waals surface area contributed by atoms with Crippen LogP contribution >= 0.6 is 0 Å². The molecule has 0 aliphatic heterocycles. The van der Waals surface area contributed by atoms with Gasteiger partial charge in [-0.15, -0.1) is 0 Å². The number of nitrogens with zero attached hydrogens (tertiary/aromatic N) is 1. The van der Waals surface area contributed by atoms with Gasteiger partial charge < -0.3 is 20.5 Å². The van der Waals surface area contributed by atoms with E-state index in [1.807, 2.05) is 0 Å². The maximum absolute atomic E-state index is 12.3. The molecule has 0 spiro atoms. The monoisotopic (exact) mass is 258 g/mol. The van der Waals surface area contributed by atoms with Crippen molar-refractivity contribution in [1.29, 1.82) is 0 Å². The number of likely N-dealkylation sites (N-methyl/N-ethyl adjacent to an activating group) is 1. The van der Waals surface area contributed by atoms with E-state index < -0.39 is 6.10 Å². The van der Waals surface area contributed by atoms with Crippen LogP contribution in [0.3, 0.4) is 0 Å². The van der Waals surface area contributed by atoms with Crippen molar-refractivity contribution < 1.29 is 14.6 Å². The highest BCUT2D eigenvalue weighted by atomic mass is 16.5. The van der Waals surface area contributed by atoms with E-state index >= 15 is 0 Å². The third-order valence-corrected chi connectivity index (χ3v) is 3.75. The zero-order chi connectivity index (χ0) is 13.5. The second-order valence-electron chi connectivity index (χ2n) is 5.21. The van der Waals surface area contributed by atoms with E-state index in [-0.39, 0.29) is 18.4 Å². The summed E-state index contributed by atoms with van der Waals surface area (Å²) in [7, 11) is 3.28. The predicted octanol–water partition coefficient (Wildman–Crippen LogP) is 0.217. The number of aliphatic hydroxyl groups is 1. The van der Waals surface area contributed by atoms with Gasteiger partial charge in [-0.3, -0.25) is 4.79 Å². The molecule has 0 radical (unpaired) electrons. The Morgan fingerprint density at radius 1 is 1.50 bits per heavy atom. The van der Waals surface area contributed by atoms with Gasteiger partial charge in [-0.1, -0.05) is 12.8 Å². The normalized spacial score (nSPS) is 25.8. The lowest BCUT2D eigenvalue weighted by Gasteiger charge is -2.33. The van der Waals surface area contributed by atoms with Crippen LogP contribution in [-0.4, -0.2) is 55.9 Å². The molecule has 5 nitrogen and oxygen atoms in total. The molecule has 5 heteroatoms. The second-order valence-corrected chi connectivity index (χ2v) is 5.21. The number of hydrogen-bond donors (Lipinski definition) is 2. The van der Waals surface area contributed by atoms with Crippen LogP contribution in [0.4, 0.5) is 0 Å². The summed E-state index contributed by atoms with van der Waals surface area (Å²) in [6.07, 6.45) is 3.61. The minimum absolute atomic E-state index is 0.0310. The summed E-state index contributed by atoms with van der Waals surface area (Å²) >= 11 is 0. The highest BCUT2D eigenvalue weighted by molar-refractivity contribution is 5.79. The van der Waals surface area contributed by atoms with E-state index in [1.165, 1.54) is 13.5 Å². The molecule has 1 amide bonds. The Bertz CT molecular complexity index is 261. The Morgan fingerprint density at radius 2 is 2.17 bits per heavy atom. The van der Waals surface area contributed by atoms with Crippen LogP contribution in [0.2, 0.25) is 0 Å². The third kappa shape index (κ3) is 4.23. The summed E-state index contributed by atoms with van der Waals surface area (Å²) < 4.78 is 4.86. The van der Waals surface area contributed by atoms with Gasteiger partial charge in [-0.25, -0.2) is 0 Å². The molecule has 1 aliphatic rings. The fourth-order valence-electron chi connectivity index (χ4n) is 2.75. The van der Waals surface area contributed by atoms with Gasteiger partial charge in [0, 0.05) is 26.6 Å². The van der Waals surface area contributed by atoms with Crippen LogP contribution in [-0.2, 0) is 9.53 Å². The number of carbonyl (C=O) groups excluding carboxylic acids is 1. The summed E-state index contributed by atoms with van der Waals surface area (Å²) in [5, 5.41) is 9.65. The smallest absolute Gasteiger partial charge is 0.225 e. The second kappa shape index (κ2) is 7.71. The number of rotatable bonds is 6. The first-order valence-corrected chi connectivity index (χ1v) is 6.72. The fraction of sp³-hybridized carbons (Fsp3) is 0.923. The van der Waals surface area contributed by atoms with Crippen LogP contribution < -0.4 is 5.73 Å². The van der Waals surface area contributed by atoms with Crippen molar-refractivity contribution >= 4 is 5.91 Å². The molecule has 1 aliphatic carbocycles. The van der Waals surface area contributed by atoms with Crippen molar-refractivity contribution in [3.8, 4) is 0 Å². The van der Waals surface area contributed by atoms with Crippen molar-refractivity contribution in [3.05, 3.63) is 0 Å². The molecular formula is C13H26N2O3. The summed E-state index contributed by atoms with van der Waals surface area (Å²) in [5.41, 5.74) is 5.74. The lowest BCUT2D eigenvalue weighted by molar-refractivity contribution is -0.138. The molecule has 0 saturated heterocycles. The van der Waals surface area contributed by atoms with E-state index in [1.54, 1.807) is 11.9 Å². The molecule has 1 saturated carbocycles. The zero-order valence-corrected chi connectivity index (χ0v) is 11.5. The molecular weight excluding hydrogens is 232 g/mol. The number of hydrogen-bond acceptors (Lipinski definition) is 4. The van der Waals surface area contributed by atoms with Gasteiger partial charge >= 0.3 is 0 Å². The maximum atomic E-state index is 12.3. The standard InChI is InChI=1S/C13H26N2O3/c1-15(8-11(16)9-18-2)13(17)12-6-4-3-5-10(12)7-14/h10-12,16H,3-9,14H2,1-2H3. The Balaban J connectivity index is 2.50. The topological polar surface area (TPSA) is 75.8 Å². The lowest BCUT2D eigenvalue weighted by Crippen LogP contribution is -2.43. The third-order valence-electron chi connectivity index (χ3n) is 3.75. The Morgan fingerprint density at radius 3 is 2.78 bits per heavy atom. The average Bonchev–Trinajstić information content (AvgIpc) is 2.38. The average molecular weight is 258 g/mol. The molecule has 0 aromatic rings. The number of aliphatic hydroxyl groups excluding tert-OH is 1. The first-order chi connectivity index (χ1) is 8.60. The molecule has 0 aromatic carbocycles. The molecule has 106 valence electrons. The number of amides is 1.